The molecule has 3 aliphatic rings. The monoisotopic (exact) mass is 335 g/mol. The second-order valence-electron chi connectivity index (χ2n) is 6.52. The van der Waals surface area contributed by atoms with Crippen LogP contribution in [-0.4, -0.2) is 54.0 Å². The highest BCUT2D eigenvalue weighted by Gasteiger charge is 2.47. The maximum Gasteiger partial charge on any atom is 0.233 e. The number of fused-ring (bicyclic) bond motifs is 2. The Bertz CT molecular complexity index is 642. The molecule has 6 N–H and O–H groups in total. The summed E-state index contributed by atoms with van der Waals surface area (Å²) in [6.45, 7) is 2.09. The lowest BCUT2D eigenvalue weighted by molar-refractivity contribution is -0.121. The van der Waals surface area contributed by atoms with E-state index in [0.717, 1.165) is 36.3 Å². The molecule has 0 radical (unpaired) electrons. The number of hydrogen-bond acceptors (Lipinski definition) is 7. The SMILES string of the molecule is NC1NN2CC(F)CNC2C1C(=O)Nc1cncc2c1CCNC2. The summed E-state index contributed by atoms with van der Waals surface area (Å²) in [7, 11) is 0. The summed E-state index contributed by atoms with van der Waals surface area (Å²) in [6.07, 6.45) is 2.52. The van der Waals surface area contributed by atoms with Crippen LogP contribution in [0.5, 0.6) is 0 Å². The van der Waals surface area contributed by atoms with Gasteiger partial charge in [-0.2, -0.15) is 0 Å². The fraction of sp³-hybridized carbons (Fsp3) is 0.600. The lowest BCUT2D eigenvalue weighted by atomic mass is 9.99. The third kappa shape index (κ3) is 2.78. The molecule has 2 saturated heterocycles. The van der Waals surface area contributed by atoms with Gasteiger partial charge in [-0.1, -0.05) is 0 Å². The molecule has 1 amide bonds. The highest BCUT2D eigenvalue weighted by molar-refractivity contribution is 5.94. The number of rotatable bonds is 2. The van der Waals surface area contributed by atoms with Crippen LogP contribution in [0.4, 0.5) is 10.1 Å². The third-order valence-corrected chi connectivity index (χ3v) is 4.90. The number of carbonyl (C=O) groups excluding carboxylic acids is 1. The van der Waals surface area contributed by atoms with Gasteiger partial charge in [-0.25, -0.2) is 14.8 Å². The van der Waals surface area contributed by atoms with Gasteiger partial charge < -0.3 is 16.4 Å². The Kier molecular flexibility index (Phi) is 4.19. The van der Waals surface area contributed by atoms with Crippen molar-refractivity contribution >= 4 is 11.6 Å². The maximum absolute atomic E-state index is 13.5. The van der Waals surface area contributed by atoms with Crippen molar-refractivity contribution in [2.45, 2.75) is 31.5 Å². The van der Waals surface area contributed by atoms with Crippen molar-refractivity contribution in [1.82, 2.24) is 26.1 Å². The molecule has 0 aliphatic carbocycles. The molecule has 3 aliphatic heterocycles. The van der Waals surface area contributed by atoms with Crippen molar-refractivity contribution in [3.8, 4) is 0 Å². The van der Waals surface area contributed by atoms with E-state index in [1.165, 1.54) is 0 Å². The summed E-state index contributed by atoms with van der Waals surface area (Å²) in [4.78, 5) is 17.0. The zero-order valence-corrected chi connectivity index (χ0v) is 13.3. The molecule has 4 unspecified atom stereocenters. The normalized spacial score (nSPS) is 32.9. The number of anilines is 1. The number of amides is 1. The molecule has 4 heterocycles. The number of alkyl halides is 1. The molecule has 0 aromatic carbocycles. The van der Waals surface area contributed by atoms with Crippen LogP contribution in [0.25, 0.3) is 0 Å². The van der Waals surface area contributed by atoms with E-state index in [4.69, 9.17) is 5.73 Å². The van der Waals surface area contributed by atoms with Crippen LogP contribution in [0.15, 0.2) is 12.4 Å². The summed E-state index contributed by atoms with van der Waals surface area (Å²) in [6, 6.07) is 0. The van der Waals surface area contributed by atoms with Gasteiger partial charge in [0.25, 0.3) is 0 Å². The average molecular weight is 335 g/mol. The molecule has 0 saturated carbocycles. The minimum Gasteiger partial charge on any atom is -0.324 e. The van der Waals surface area contributed by atoms with E-state index in [1.807, 2.05) is 6.20 Å². The van der Waals surface area contributed by atoms with Crippen molar-refractivity contribution < 1.29 is 9.18 Å². The standard InChI is InChI=1S/C15H22FN7O/c16-9-5-20-14-12(13(17)22-23(14)7-9)15(24)21-11-6-19-4-8-3-18-2-1-10(8)11/h4,6,9,12-14,18,20,22H,1-3,5,7,17H2,(H,21,24). The predicted molar refractivity (Wildman–Crippen MR) is 86.3 cm³/mol. The fourth-order valence-corrected chi connectivity index (χ4v) is 3.72. The number of halogens is 1. The van der Waals surface area contributed by atoms with E-state index < -0.39 is 18.3 Å². The zero-order chi connectivity index (χ0) is 16.7. The van der Waals surface area contributed by atoms with Crippen LogP contribution in [-0.2, 0) is 17.8 Å². The molecule has 0 spiro atoms. The molecule has 8 nitrogen and oxygen atoms in total. The van der Waals surface area contributed by atoms with Gasteiger partial charge in [-0.05, 0) is 24.1 Å². The number of carbonyl (C=O) groups is 1. The molecule has 0 bridgehead atoms. The Morgan fingerprint density at radius 1 is 1.46 bits per heavy atom. The first-order chi connectivity index (χ1) is 11.6. The summed E-state index contributed by atoms with van der Waals surface area (Å²) in [5, 5.41) is 11.0. The van der Waals surface area contributed by atoms with Crippen molar-refractivity contribution in [1.29, 1.82) is 0 Å². The van der Waals surface area contributed by atoms with E-state index in [0.29, 0.717) is 0 Å². The van der Waals surface area contributed by atoms with Gasteiger partial charge in [0, 0.05) is 25.8 Å². The maximum atomic E-state index is 13.5. The fourth-order valence-electron chi connectivity index (χ4n) is 3.72. The van der Waals surface area contributed by atoms with Crippen LogP contribution in [0.1, 0.15) is 11.1 Å². The van der Waals surface area contributed by atoms with E-state index in [2.05, 4.69) is 26.4 Å². The van der Waals surface area contributed by atoms with Gasteiger partial charge in [0.15, 0.2) is 0 Å². The largest absolute Gasteiger partial charge is 0.324 e. The van der Waals surface area contributed by atoms with Gasteiger partial charge in [0.1, 0.15) is 6.17 Å². The van der Waals surface area contributed by atoms with E-state index in [-0.39, 0.29) is 25.2 Å². The Balaban J connectivity index is 1.52. The quantitative estimate of drug-likeness (QED) is 0.455. The van der Waals surface area contributed by atoms with Crippen molar-refractivity contribution in [2.24, 2.45) is 11.7 Å². The molecular weight excluding hydrogens is 313 g/mol. The van der Waals surface area contributed by atoms with E-state index in [1.54, 1.807) is 11.2 Å². The number of nitrogens with two attached hydrogens (primary N) is 1. The smallest absolute Gasteiger partial charge is 0.233 e. The van der Waals surface area contributed by atoms with Gasteiger partial charge >= 0.3 is 0 Å². The Morgan fingerprint density at radius 3 is 3.21 bits per heavy atom. The second-order valence-corrected chi connectivity index (χ2v) is 6.52. The summed E-state index contributed by atoms with van der Waals surface area (Å²) < 4.78 is 13.5. The first-order valence-corrected chi connectivity index (χ1v) is 8.26. The first kappa shape index (κ1) is 15.9. The Labute approximate surface area is 139 Å². The van der Waals surface area contributed by atoms with Crippen LogP contribution in [0.2, 0.25) is 0 Å². The van der Waals surface area contributed by atoms with Gasteiger partial charge in [0.2, 0.25) is 5.91 Å². The minimum absolute atomic E-state index is 0.180. The summed E-state index contributed by atoms with van der Waals surface area (Å²) >= 11 is 0. The minimum atomic E-state index is -0.972. The Morgan fingerprint density at radius 2 is 2.33 bits per heavy atom. The summed E-state index contributed by atoms with van der Waals surface area (Å²) in [5.74, 6) is -0.684. The van der Waals surface area contributed by atoms with E-state index >= 15 is 0 Å². The first-order valence-electron chi connectivity index (χ1n) is 8.26. The van der Waals surface area contributed by atoms with Crippen molar-refractivity contribution in [2.75, 3.05) is 25.0 Å². The average Bonchev–Trinajstić information content (AvgIpc) is 2.90. The molecule has 4 rings (SSSR count). The van der Waals surface area contributed by atoms with Gasteiger partial charge in [-0.3, -0.25) is 15.1 Å². The topological polar surface area (TPSA) is 107 Å². The molecule has 24 heavy (non-hydrogen) atoms. The molecular formula is C15H22FN7O. The highest BCUT2D eigenvalue weighted by atomic mass is 19.1. The van der Waals surface area contributed by atoms with E-state index in [9.17, 15) is 9.18 Å². The molecule has 130 valence electrons. The molecule has 9 heteroatoms. The van der Waals surface area contributed by atoms with Crippen LogP contribution >= 0.6 is 0 Å². The second kappa shape index (κ2) is 6.34. The van der Waals surface area contributed by atoms with Crippen LogP contribution in [0.3, 0.4) is 0 Å². The summed E-state index contributed by atoms with van der Waals surface area (Å²) in [5.41, 5.74) is 12.0. The number of nitrogens with one attached hydrogen (secondary N) is 4. The molecule has 1 aromatic rings. The number of nitrogens with zero attached hydrogens (tertiary/aromatic N) is 2. The number of aromatic nitrogens is 1. The van der Waals surface area contributed by atoms with Gasteiger partial charge in [-0.15, -0.1) is 0 Å². The van der Waals surface area contributed by atoms with Crippen LogP contribution in [0, 0.1) is 5.92 Å². The number of hydrogen-bond donors (Lipinski definition) is 5. The number of hydrazine groups is 1. The predicted octanol–water partition coefficient (Wildman–Crippen LogP) is -1.35. The number of pyridine rings is 1. The molecule has 4 atom stereocenters. The van der Waals surface area contributed by atoms with Crippen molar-refractivity contribution in [3.05, 3.63) is 23.5 Å². The third-order valence-electron chi connectivity index (χ3n) is 4.90. The lowest BCUT2D eigenvalue weighted by Gasteiger charge is -2.33. The highest BCUT2D eigenvalue weighted by Crippen LogP contribution is 2.26. The zero-order valence-electron chi connectivity index (χ0n) is 13.3. The van der Waals surface area contributed by atoms with Crippen molar-refractivity contribution in [3.63, 3.8) is 0 Å². The lowest BCUT2D eigenvalue weighted by Crippen LogP contribution is -2.58. The Hall–Kier alpha value is -1.65. The van der Waals surface area contributed by atoms with Crippen LogP contribution < -0.4 is 27.1 Å². The molecule has 1 aromatic heterocycles. The van der Waals surface area contributed by atoms with Gasteiger partial charge in [0.05, 0.1) is 30.1 Å². The molecule has 2 fully saturated rings.